The highest BCUT2D eigenvalue weighted by atomic mass is 19.1. The summed E-state index contributed by atoms with van der Waals surface area (Å²) >= 11 is 0. The van der Waals surface area contributed by atoms with Crippen LogP contribution in [0.3, 0.4) is 0 Å². The maximum absolute atomic E-state index is 13.7. The van der Waals surface area contributed by atoms with Gasteiger partial charge in [0.15, 0.2) is 17.7 Å². The van der Waals surface area contributed by atoms with Crippen LogP contribution in [0.15, 0.2) is 55.0 Å². The molecule has 0 fully saturated rings. The normalized spacial score (nSPS) is 11.8. The van der Waals surface area contributed by atoms with Crippen molar-refractivity contribution in [3.05, 3.63) is 66.6 Å². The summed E-state index contributed by atoms with van der Waals surface area (Å²) in [4.78, 5) is 20.9. The molecule has 2 heterocycles. The van der Waals surface area contributed by atoms with Gasteiger partial charge in [-0.1, -0.05) is 19.1 Å². The molecule has 134 valence electrons. The van der Waals surface area contributed by atoms with Crippen molar-refractivity contribution in [3.8, 4) is 11.6 Å². The molecule has 1 aromatic carbocycles. The van der Waals surface area contributed by atoms with Gasteiger partial charge in [0.25, 0.3) is 5.91 Å². The van der Waals surface area contributed by atoms with Gasteiger partial charge in [-0.05, 0) is 37.6 Å². The van der Waals surface area contributed by atoms with Crippen molar-refractivity contribution in [3.63, 3.8) is 0 Å². The smallest absolute Gasteiger partial charge is 0.265 e. The number of aryl methyl sites for hydroxylation is 1. The summed E-state index contributed by atoms with van der Waals surface area (Å²) < 4.78 is 21.1. The molecule has 2 aromatic heterocycles. The molecular formula is C19H19FN4O2. The Hall–Kier alpha value is -3.22. The van der Waals surface area contributed by atoms with Crippen LogP contribution in [-0.2, 0) is 4.79 Å². The van der Waals surface area contributed by atoms with Crippen LogP contribution in [0.25, 0.3) is 5.82 Å². The zero-order valence-electron chi connectivity index (χ0n) is 14.5. The number of halogens is 1. The number of rotatable bonds is 6. The number of benzene rings is 1. The van der Waals surface area contributed by atoms with Crippen LogP contribution in [0, 0.1) is 12.7 Å². The Kier molecular flexibility index (Phi) is 5.26. The molecule has 1 amide bonds. The first-order chi connectivity index (χ1) is 12.6. The van der Waals surface area contributed by atoms with Gasteiger partial charge in [-0.15, -0.1) is 0 Å². The molecule has 1 atom stereocenters. The van der Waals surface area contributed by atoms with Crippen LogP contribution in [-0.4, -0.2) is 26.5 Å². The van der Waals surface area contributed by atoms with Crippen molar-refractivity contribution in [2.45, 2.75) is 26.4 Å². The van der Waals surface area contributed by atoms with E-state index in [-0.39, 0.29) is 11.7 Å². The van der Waals surface area contributed by atoms with Crippen molar-refractivity contribution in [2.24, 2.45) is 0 Å². The van der Waals surface area contributed by atoms with Gasteiger partial charge < -0.3 is 10.1 Å². The number of hydrogen-bond donors (Lipinski definition) is 1. The number of carbonyl (C=O) groups is 1. The molecule has 7 heteroatoms. The second-order valence-electron chi connectivity index (χ2n) is 5.68. The van der Waals surface area contributed by atoms with Gasteiger partial charge in [0.2, 0.25) is 0 Å². The van der Waals surface area contributed by atoms with Crippen molar-refractivity contribution in [2.75, 3.05) is 5.32 Å². The summed E-state index contributed by atoms with van der Waals surface area (Å²) in [5.41, 5.74) is 0.534. The number of nitrogens with zero attached hydrogens (tertiary/aromatic N) is 3. The Balaban J connectivity index is 1.68. The van der Waals surface area contributed by atoms with E-state index in [0.29, 0.717) is 17.9 Å². The minimum atomic E-state index is -0.803. The van der Waals surface area contributed by atoms with Crippen LogP contribution >= 0.6 is 0 Å². The minimum Gasteiger partial charge on any atom is -0.478 e. The predicted molar refractivity (Wildman–Crippen MR) is 95.8 cm³/mol. The predicted octanol–water partition coefficient (Wildman–Crippen LogP) is 3.51. The third kappa shape index (κ3) is 3.88. The van der Waals surface area contributed by atoms with E-state index < -0.39 is 11.9 Å². The van der Waals surface area contributed by atoms with E-state index in [2.05, 4.69) is 15.3 Å². The fourth-order valence-corrected chi connectivity index (χ4v) is 2.46. The fraction of sp³-hybridized carbons (Fsp3) is 0.211. The number of amides is 1. The molecular weight excluding hydrogens is 335 g/mol. The zero-order chi connectivity index (χ0) is 18.5. The molecule has 6 nitrogen and oxygen atoms in total. The van der Waals surface area contributed by atoms with E-state index in [1.165, 1.54) is 12.1 Å². The van der Waals surface area contributed by atoms with Crippen molar-refractivity contribution in [1.29, 1.82) is 0 Å². The van der Waals surface area contributed by atoms with Crippen LogP contribution in [0.5, 0.6) is 5.75 Å². The van der Waals surface area contributed by atoms with E-state index in [1.807, 2.05) is 17.7 Å². The molecule has 0 aliphatic carbocycles. The van der Waals surface area contributed by atoms with Gasteiger partial charge in [0, 0.05) is 12.4 Å². The first-order valence-corrected chi connectivity index (χ1v) is 8.27. The fourth-order valence-electron chi connectivity index (χ4n) is 2.46. The quantitative estimate of drug-likeness (QED) is 0.735. The maximum atomic E-state index is 13.7. The van der Waals surface area contributed by atoms with Crippen molar-refractivity contribution in [1.82, 2.24) is 14.5 Å². The Morgan fingerprint density at radius 3 is 2.69 bits per heavy atom. The highest BCUT2D eigenvalue weighted by Crippen LogP contribution is 2.19. The number of hydrogen-bond acceptors (Lipinski definition) is 4. The van der Waals surface area contributed by atoms with Gasteiger partial charge >= 0.3 is 0 Å². The number of imidazole rings is 1. The topological polar surface area (TPSA) is 69.0 Å². The Labute approximate surface area is 150 Å². The van der Waals surface area contributed by atoms with Gasteiger partial charge in [0.1, 0.15) is 11.6 Å². The maximum Gasteiger partial charge on any atom is 0.265 e. The average molecular weight is 354 g/mol. The molecule has 0 saturated heterocycles. The van der Waals surface area contributed by atoms with Crippen LogP contribution in [0.2, 0.25) is 0 Å². The number of anilines is 1. The monoisotopic (exact) mass is 354 g/mol. The number of pyridine rings is 1. The number of nitrogens with one attached hydrogen (secondary N) is 1. The lowest BCUT2D eigenvalue weighted by Gasteiger charge is -2.17. The zero-order valence-corrected chi connectivity index (χ0v) is 14.5. The standard InChI is InChI=1S/C19H19FN4O2/c1-3-16(26-17-7-5-4-6-15(17)20)19(25)23-14-8-9-18(22-12-14)24-11-10-21-13(24)2/h4-12,16H,3H2,1-2H3,(H,23,25). The largest absolute Gasteiger partial charge is 0.478 e. The highest BCUT2D eigenvalue weighted by Gasteiger charge is 2.20. The molecule has 3 rings (SSSR count). The van der Waals surface area contributed by atoms with Gasteiger partial charge in [-0.2, -0.15) is 0 Å². The summed E-state index contributed by atoms with van der Waals surface area (Å²) in [5, 5.41) is 2.75. The molecule has 0 saturated carbocycles. The second-order valence-corrected chi connectivity index (χ2v) is 5.68. The van der Waals surface area contributed by atoms with Crippen LogP contribution in [0.4, 0.5) is 10.1 Å². The Bertz CT molecular complexity index is 893. The van der Waals surface area contributed by atoms with Gasteiger partial charge in [-0.25, -0.2) is 14.4 Å². The molecule has 0 aliphatic heterocycles. The Morgan fingerprint density at radius 2 is 2.08 bits per heavy atom. The highest BCUT2D eigenvalue weighted by molar-refractivity contribution is 5.94. The van der Waals surface area contributed by atoms with Gasteiger partial charge in [-0.3, -0.25) is 9.36 Å². The van der Waals surface area contributed by atoms with Crippen molar-refractivity contribution < 1.29 is 13.9 Å². The first-order valence-electron chi connectivity index (χ1n) is 8.27. The summed E-state index contributed by atoms with van der Waals surface area (Å²) in [7, 11) is 0. The van der Waals surface area contributed by atoms with E-state index >= 15 is 0 Å². The number of para-hydroxylation sites is 1. The van der Waals surface area contributed by atoms with Crippen molar-refractivity contribution >= 4 is 11.6 Å². The molecule has 1 unspecified atom stereocenters. The molecule has 1 N–H and O–H groups in total. The summed E-state index contributed by atoms with van der Waals surface area (Å²) in [5.74, 6) is 0.717. The second kappa shape index (κ2) is 7.77. The average Bonchev–Trinajstić information content (AvgIpc) is 3.07. The van der Waals surface area contributed by atoms with Crippen LogP contribution < -0.4 is 10.1 Å². The third-order valence-corrected chi connectivity index (χ3v) is 3.86. The lowest BCUT2D eigenvalue weighted by molar-refractivity contribution is -0.122. The SMILES string of the molecule is CCC(Oc1ccccc1F)C(=O)Nc1ccc(-n2ccnc2C)nc1. The molecule has 0 bridgehead atoms. The Morgan fingerprint density at radius 1 is 1.27 bits per heavy atom. The van der Waals surface area contributed by atoms with E-state index in [1.54, 1.807) is 43.6 Å². The molecule has 3 aromatic rings. The van der Waals surface area contributed by atoms with Gasteiger partial charge in [0.05, 0.1) is 11.9 Å². The molecule has 26 heavy (non-hydrogen) atoms. The lowest BCUT2D eigenvalue weighted by Crippen LogP contribution is -2.32. The number of carbonyl (C=O) groups excluding carboxylic acids is 1. The molecule has 0 aliphatic rings. The first kappa shape index (κ1) is 17.6. The number of aromatic nitrogens is 3. The van der Waals surface area contributed by atoms with E-state index in [0.717, 1.165) is 5.82 Å². The van der Waals surface area contributed by atoms with Crippen LogP contribution in [0.1, 0.15) is 19.2 Å². The lowest BCUT2D eigenvalue weighted by atomic mass is 10.2. The summed E-state index contributed by atoms with van der Waals surface area (Å²) in [6.45, 7) is 3.68. The summed E-state index contributed by atoms with van der Waals surface area (Å²) in [6.07, 6.45) is 4.66. The third-order valence-electron chi connectivity index (χ3n) is 3.86. The number of ether oxygens (including phenoxy) is 1. The van der Waals surface area contributed by atoms with E-state index in [9.17, 15) is 9.18 Å². The minimum absolute atomic E-state index is 0.0542. The molecule has 0 radical (unpaired) electrons. The van der Waals surface area contributed by atoms with E-state index in [4.69, 9.17) is 4.74 Å². The molecule has 0 spiro atoms. The summed E-state index contributed by atoms with van der Waals surface area (Å²) in [6, 6.07) is 9.54.